The van der Waals surface area contributed by atoms with Crippen molar-refractivity contribution in [3.63, 3.8) is 0 Å². The average molecular weight is 294 g/mol. The summed E-state index contributed by atoms with van der Waals surface area (Å²) in [7, 11) is 0. The number of urea groups is 1. The van der Waals surface area contributed by atoms with Gasteiger partial charge in [-0.25, -0.2) is 4.79 Å². The van der Waals surface area contributed by atoms with E-state index in [-0.39, 0.29) is 18.6 Å². The lowest BCUT2D eigenvalue weighted by atomic mass is 10.2. The number of ether oxygens (including phenoxy) is 1. The Morgan fingerprint density at radius 1 is 1.29 bits per heavy atom. The molecule has 2 amide bonds. The molecule has 0 fully saturated rings. The van der Waals surface area contributed by atoms with E-state index < -0.39 is 5.97 Å². The van der Waals surface area contributed by atoms with E-state index in [2.05, 4.69) is 10.6 Å². The normalized spacial score (nSPS) is 11.5. The highest BCUT2D eigenvalue weighted by Gasteiger charge is 2.08. The molecule has 1 rings (SSSR count). The van der Waals surface area contributed by atoms with E-state index in [0.29, 0.717) is 19.5 Å². The third-order valence-corrected chi connectivity index (χ3v) is 2.82. The van der Waals surface area contributed by atoms with Gasteiger partial charge in [-0.3, -0.25) is 4.79 Å². The number of para-hydroxylation sites is 1. The molecule has 1 aromatic rings. The highest BCUT2D eigenvalue weighted by atomic mass is 16.5. The van der Waals surface area contributed by atoms with Crippen molar-refractivity contribution < 1.29 is 19.4 Å². The van der Waals surface area contributed by atoms with Crippen LogP contribution in [0.2, 0.25) is 0 Å². The van der Waals surface area contributed by atoms with Gasteiger partial charge in [0.15, 0.2) is 0 Å². The molecule has 0 aliphatic rings. The third kappa shape index (κ3) is 7.20. The van der Waals surface area contributed by atoms with Gasteiger partial charge < -0.3 is 20.5 Å². The number of aryl methyl sites for hydroxylation is 1. The maximum atomic E-state index is 11.5. The summed E-state index contributed by atoms with van der Waals surface area (Å²) < 4.78 is 5.73. The molecular formula is C15H22N2O4. The van der Waals surface area contributed by atoms with Crippen molar-refractivity contribution in [3.8, 4) is 5.75 Å². The number of amides is 2. The van der Waals surface area contributed by atoms with Crippen LogP contribution < -0.4 is 15.4 Å². The molecule has 1 atom stereocenters. The van der Waals surface area contributed by atoms with Crippen molar-refractivity contribution in [3.05, 3.63) is 29.8 Å². The number of hydrogen-bond acceptors (Lipinski definition) is 3. The van der Waals surface area contributed by atoms with Gasteiger partial charge in [0, 0.05) is 13.0 Å². The van der Waals surface area contributed by atoms with E-state index in [0.717, 1.165) is 11.3 Å². The molecule has 1 aromatic carbocycles. The van der Waals surface area contributed by atoms with Gasteiger partial charge >= 0.3 is 12.0 Å². The minimum atomic E-state index is -0.863. The third-order valence-electron chi connectivity index (χ3n) is 2.82. The fraction of sp³-hybridized carbons (Fsp3) is 0.467. The molecule has 0 saturated heterocycles. The number of nitrogens with one attached hydrogen (secondary N) is 2. The van der Waals surface area contributed by atoms with Crippen LogP contribution in [0.25, 0.3) is 0 Å². The summed E-state index contributed by atoms with van der Waals surface area (Å²) in [5, 5.41) is 13.8. The lowest BCUT2D eigenvalue weighted by molar-refractivity contribution is -0.137. The van der Waals surface area contributed by atoms with Crippen molar-refractivity contribution in [1.82, 2.24) is 10.6 Å². The Bertz CT molecular complexity index is 476. The van der Waals surface area contributed by atoms with Crippen molar-refractivity contribution >= 4 is 12.0 Å². The molecule has 21 heavy (non-hydrogen) atoms. The van der Waals surface area contributed by atoms with Crippen molar-refractivity contribution in [2.45, 2.75) is 32.8 Å². The molecular weight excluding hydrogens is 272 g/mol. The Hall–Kier alpha value is -2.24. The van der Waals surface area contributed by atoms with E-state index >= 15 is 0 Å². The molecule has 0 aliphatic heterocycles. The molecule has 0 aliphatic carbocycles. The first-order chi connectivity index (χ1) is 9.99. The van der Waals surface area contributed by atoms with E-state index in [1.54, 1.807) is 0 Å². The van der Waals surface area contributed by atoms with Gasteiger partial charge in [0.05, 0.1) is 6.54 Å². The largest absolute Gasteiger partial charge is 0.489 e. The number of aliphatic carboxylic acids is 1. The van der Waals surface area contributed by atoms with Crippen LogP contribution in [0.4, 0.5) is 4.79 Å². The van der Waals surface area contributed by atoms with Gasteiger partial charge in [0.25, 0.3) is 0 Å². The fourth-order valence-electron chi connectivity index (χ4n) is 1.69. The van der Waals surface area contributed by atoms with Crippen LogP contribution >= 0.6 is 0 Å². The quantitative estimate of drug-likeness (QED) is 0.639. The minimum Gasteiger partial charge on any atom is -0.489 e. The monoisotopic (exact) mass is 294 g/mol. The summed E-state index contributed by atoms with van der Waals surface area (Å²) in [6, 6.07) is 7.37. The summed E-state index contributed by atoms with van der Waals surface area (Å²) >= 11 is 0. The zero-order chi connectivity index (χ0) is 15.7. The van der Waals surface area contributed by atoms with E-state index in [1.807, 2.05) is 38.1 Å². The van der Waals surface area contributed by atoms with Gasteiger partial charge in [-0.05, 0) is 31.9 Å². The van der Waals surface area contributed by atoms with Crippen LogP contribution in [0.5, 0.6) is 5.75 Å². The van der Waals surface area contributed by atoms with Crippen molar-refractivity contribution in [2.75, 3.05) is 13.1 Å². The Kier molecular flexibility index (Phi) is 7.08. The van der Waals surface area contributed by atoms with Crippen LogP contribution in [0.3, 0.4) is 0 Å². The number of hydrogen-bond donors (Lipinski definition) is 3. The van der Waals surface area contributed by atoms with Gasteiger partial charge in [-0.15, -0.1) is 0 Å². The molecule has 6 nitrogen and oxygen atoms in total. The molecule has 0 radical (unpaired) electrons. The maximum Gasteiger partial charge on any atom is 0.314 e. The van der Waals surface area contributed by atoms with Crippen LogP contribution in [0.15, 0.2) is 24.3 Å². The topological polar surface area (TPSA) is 87.7 Å². The van der Waals surface area contributed by atoms with Crippen LogP contribution in [-0.2, 0) is 4.79 Å². The van der Waals surface area contributed by atoms with Crippen molar-refractivity contribution in [2.24, 2.45) is 0 Å². The van der Waals surface area contributed by atoms with Gasteiger partial charge in [0.2, 0.25) is 0 Å². The predicted octanol–water partition coefficient (Wildman–Crippen LogP) is 1.93. The second-order valence-electron chi connectivity index (χ2n) is 4.83. The molecule has 0 heterocycles. The number of carbonyl (C=O) groups excluding carboxylic acids is 1. The Morgan fingerprint density at radius 3 is 2.67 bits per heavy atom. The Morgan fingerprint density at radius 2 is 2.00 bits per heavy atom. The summed E-state index contributed by atoms with van der Waals surface area (Å²) in [6.45, 7) is 4.55. The molecule has 116 valence electrons. The van der Waals surface area contributed by atoms with Crippen LogP contribution in [0, 0.1) is 6.92 Å². The molecule has 1 unspecified atom stereocenters. The smallest absolute Gasteiger partial charge is 0.314 e. The molecule has 0 bridgehead atoms. The second-order valence-corrected chi connectivity index (χ2v) is 4.83. The summed E-state index contributed by atoms with van der Waals surface area (Å²) in [5.74, 6) is -0.0638. The SMILES string of the molecule is Cc1ccccc1OC(C)CNC(=O)NCCCC(=O)O. The number of carboxylic acids is 1. The molecule has 6 heteroatoms. The average Bonchev–Trinajstić information content (AvgIpc) is 2.44. The lowest BCUT2D eigenvalue weighted by Gasteiger charge is -2.17. The summed E-state index contributed by atoms with van der Waals surface area (Å²) in [6.07, 6.45) is 0.307. The Labute approximate surface area is 124 Å². The fourth-order valence-corrected chi connectivity index (χ4v) is 1.69. The van der Waals surface area contributed by atoms with E-state index in [1.165, 1.54) is 0 Å². The van der Waals surface area contributed by atoms with Crippen molar-refractivity contribution in [1.29, 1.82) is 0 Å². The molecule has 0 aromatic heterocycles. The van der Waals surface area contributed by atoms with Gasteiger partial charge in [-0.1, -0.05) is 18.2 Å². The van der Waals surface area contributed by atoms with E-state index in [4.69, 9.17) is 9.84 Å². The first kappa shape index (κ1) is 16.8. The van der Waals surface area contributed by atoms with Gasteiger partial charge in [-0.2, -0.15) is 0 Å². The highest BCUT2D eigenvalue weighted by molar-refractivity contribution is 5.73. The predicted molar refractivity (Wildman–Crippen MR) is 79.5 cm³/mol. The standard InChI is InChI=1S/C15H22N2O4/c1-11-6-3-4-7-13(11)21-12(2)10-17-15(20)16-9-5-8-14(18)19/h3-4,6-7,12H,5,8-10H2,1-2H3,(H,18,19)(H2,16,17,20). The van der Waals surface area contributed by atoms with Gasteiger partial charge in [0.1, 0.15) is 11.9 Å². The second kappa shape index (κ2) is 8.84. The molecule has 0 saturated carbocycles. The maximum absolute atomic E-state index is 11.5. The first-order valence-corrected chi connectivity index (χ1v) is 6.95. The molecule has 0 spiro atoms. The zero-order valence-corrected chi connectivity index (χ0v) is 12.4. The zero-order valence-electron chi connectivity index (χ0n) is 12.4. The number of carboxylic acid groups (broad SMARTS) is 1. The first-order valence-electron chi connectivity index (χ1n) is 6.95. The highest BCUT2D eigenvalue weighted by Crippen LogP contribution is 2.17. The molecule has 3 N–H and O–H groups in total. The minimum absolute atomic E-state index is 0.0487. The number of carbonyl (C=O) groups is 2. The summed E-state index contributed by atoms with van der Waals surface area (Å²) in [4.78, 5) is 21.8. The lowest BCUT2D eigenvalue weighted by Crippen LogP contribution is -2.40. The van der Waals surface area contributed by atoms with E-state index in [9.17, 15) is 9.59 Å². The number of benzene rings is 1. The van der Waals surface area contributed by atoms with Crippen LogP contribution in [0.1, 0.15) is 25.3 Å². The Balaban J connectivity index is 2.20. The number of rotatable bonds is 8. The summed E-state index contributed by atoms with van der Waals surface area (Å²) in [5.41, 5.74) is 1.04. The van der Waals surface area contributed by atoms with Crippen LogP contribution in [-0.4, -0.2) is 36.3 Å².